The number of ether oxygens (including phenoxy) is 1. The topological polar surface area (TPSA) is 75.3 Å². The van der Waals surface area contributed by atoms with E-state index in [1.807, 2.05) is 32.9 Å². The number of amides is 1. The van der Waals surface area contributed by atoms with Gasteiger partial charge < -0.3 is 4.74 Å². The monoisotopic (exact) mass is 315 g/mol. The maximum atomic E-state index is 12.9. The number of nitrogens with zero attached hydrogens (tertiary/aromatic N) is 2. The molecule has 0 unspecified atom stereocenters. The van der Waals surface area contributed by atoms with Crippen molar-refractivity contribution in [3.63, 3.8) is 0 Å². The number of carbonyl (C=O) groups excluding carboxylic acids is 2. The molecule has 1 N–H and O–H groups in total. The summed E-state index contributed by atoms with van der Waals surface area (Å²) in [5.74, 6) is -0.350. The average molecular weight is 315 g/mol. The second-order valence-corrected chi connectivity index (χ2v) is 5.49. The Morgan fingerprint density at radius 1 is 1.26 bits per heavy atom. The molecule has 6 heteroatoms. The first kappa shape index (κ1) is 16.7. The lowest BCUT2D eigenvalue weighted by atomic mass is 10.1. The van der Waals surface area contributed by atoms with Gasteiger partial charge in [0.1, 0.15) is 11.4 Å². The summed E-state index contributed by atoms with van der Waals surface area (Å²) >= 11 is 0. The van der Waals surface area contributed by atoms with Crippen LogP contribution in [0.15, 0.2) is 30.5 Å². The zero-order chi connectivity index (χ0) is 17.0. The SMILES string of the molecule is CCOC(=O)c1cn[nH]c1N(C(=O)c1ccc(C)cc1)C(C)C. The van der Waals surface area contributed by atoms with E-state index in [1.165, 1.54) is 11.1 Å². The van der Waals surface area contributed by atoms with Crippen molar-refractivity contribution in [2.45, 2.75) is 33.7 Å². The van der Waals surface area contributed by atoms with E-state index in [-0.39, 0.29) is 24.1 Å². The highest BCUT2D eigenvalue weighted by molar-refractivity contribution is 6.09. The van der Waals surface area contributed by atoms with Crippen molar-refractivity contribution in [3.8, 4) is 0 Å². The molecule has 6 nitrogen and oxygen atoms in total. The molecule has 0 radical (unpaired) electrons. The summed E-state index contributed by atoms with van der Waals surface area (Å²) in [7, 11) is 0. The third kappa shape index (κ3) is 3.59. The summed E-state index contributed by atoms with van der Waals surface area (Å²) in [5.41, 5.74) is 1.88. The van der Waals surface area contributed by atoms with E-state index in [9.17, 15) is 9.59 Å². The van der Waals surface area contributed by atoms with Crippen molar-refractivity contribution >= 4 is 17.7 Å². The van der Waals surface area contributed by atoms with Crippen LogP contribution in [0.4, 0.5) is 5.82 Å². The minimum absolute atomic E-state index is 0.155. The number of aromatic amines is 1. The van der Waals surface area contributed by atoms with Gasteiger partial charge in [0.15, 0.2) is 0 Å². The van der Waals surface area contributed by atoms with Gasteiger partial charge in [0.05, 0.1) is 12.8 Å². The van der Waals surface area contributed by atoms with E-state index < -0.39 is 5.97 Å². The van der Waals surface area contributed by atoms with E-state index in [0.29, 0.717) is 11.4 Å². The number of hydrogen-bond donors (Lipinski definition) is 1. The van der Waals surface area contributed by atoms with Crippen LogP contribution in [-0.2, 0) is 4.74 Å². The van der Waals surface area contributed by atoms with Gasteiger partial charge in [-0.3, -0.25) is 14.8 Å². The molecule has 2 rings (SSSR count). The van der Waals surface area contributed by atoms with Crippen LogP contribution in [0.25, 0.3) is 0 Å². The number of esters is 1. The summed E-state index contributed by atoms with van der Waals surface area (Å²) in [6, 6.07) is 7.15. The Morgan fingerprint density at radius 3 is 2.48 bits per heavy atom. The maximum absolute atomic E-state index is 12.9. The largest absolute Gasteiger partial charge is 0.462 e. The molecule has 2 aromatic rings. The van der Waals surface area contributed by atoms with Crippen LogP contribution in [0.5, 0.6) is 0 Å². The van der Waals surface area contributed by atoms with Crippen molar-refractivity contribution in [1.29, 1.82) is 0 Å². The molecule has 0 spiro atoms. The predicted molar refractivity (Wildman–Crippen MR) is 87.7 cm³/mol. The van der Waals surface area contributed by atoms with Gasteiger partial charge in [-0.1, -0.05) is 17.7 Å². The average Bonchev–Trinajstić information content (AvgIpc) is 2.97. The molecule has 0 aliphatic carbocycles. The van der Waals surface area contributed by atoms with Crippen LogP contribution in [0.3, 0.4) is 0 Å². The summed E-state index contributed by atoms with van der Waals surface area (Å²) in [5, 5.41) is 6.64. The highest BCUT2D eigenvalue weighted by atomic mass is 16.5. The van der Waals surface area contributed by atoms with Crippen molar-refractivity contribution < 1.29 is 14.3 Å². The van der Waals surface area contributed by atoms with Crippen LogP contribution >= 0.6 is 0 Å². The summed E-state index contributed by atoms with van der Waals surface area (Å²) in [4.78, 5) is 26.4. The third-order valence-corrected chi connectivity index (χ3v) is 3.39. The van der Waals surface area contributed by atoms with Crippen molar-refractivity contribution in [2.24, 2.45) is 0 Å². The molecule has 0 atom stereocenters. The standard InChI is InChI=1S/C17H21N3O3/c1-5-23-17(22)14-10-18-19-15(14)20(11(2)3)16(21)13-8-6-12(4)7-9-13/h6-11H,5H2,1-4H3,(H,18,19). The number of aryl methyl sites for hydroxylation is 1. The first-order valence-corrected chi connectivity index (χ1v) is 7.56. The van der Waals surface area contributed by atoms with Gasteiger partial charge in [-0.25, -0.2) is 4.79 Å². The van der Waals surface area contributed by atoms with E-state index in [1.54, 1.807) is 19.1 Å². The zero-order valence-corrected chi connectivity index (χ0v) is 13.8. The molecule has 1 aromatic carbocycles. The number of rotatable bonds is 5. The smallest absolute Gasteiger partial charge is 0.343 e. The molecule has 122 valence electrons. The Balaban J connectivity index is 2.40. The lowest BCUT2D eigenvalue weighted by molar-refractivity contribution is 0.0527. The number of benzene rings is 1. The van der Waals surface area contributed by atoms with Crippen molar-refractivity contribution in [2.75, 3.05) is 11.5 Å². The fourth-order valence-electron chi connectivity index (χ4n) is 2.25. The lowest BCUT2D eigenvalue weighted by Gasteiger charge is -2.26. The zero-order valence-electron chi connectivity index (χ0n) is 13.8. The van der Waals surface area contributed by atoms with Crippen LogP contribution in [-0.4, -0.2) is 34.7 Å². The molecule has 0 bridgehead atoms. The van der Waals surface area contributed by atoms with E-state index in [2.05, 4.69) is 10.2 Å². The predicted octanol–water partition coefficient (Wildman–Crippen LogP) is 2.95. The quantitative estimate of drug-likeness (QED) is 0.861. The first-order valence-electron chi connectivity index (χ1n) is 7.56. The molecular weight excluding hydrogens is 294 g/mol. The second-order valence-electron chi connectivity index (χ2n) is 5.49. The second kappa shape index (κ2) is 7.09. The number of H-pyrrole nitrogens is 1. The Bertz CT molecular complexity index is 689. The number of nitrogens with one attached hydrogen (secondary N) is 1. The highest BCUT2D eigenvalue weighted by Crippen LogP contribution is 2.23. The van der Waals surface area contributed by atoms with Gasteiger partial charge in [0, 0.05) is 11.6 Å². The number of anilines is 1. The number of carbonyl (C=O) groups is 2. The maximum Gasteiger partial charge on any atom is 0.343 e. The minimum atomic E-state index is -0.501. The van der Waals surface area contributed by atoms with Crippen LogP contribution in [0.1, 0.15) is 47.1 Å². The van der Waals surface area contributed by atoms with Gasteiger partial charge in [0.2, 0.25) is 0 Å². The van der Waals surface area contributed by atoms with Gasteiger partial charge >= 0.3 is 5.97 Å². The van der Waals surface area contributed by atoms with Crippen LogP contribution in [0.2, 0.25) is 0 Å². The number of aromatic nitrogens is 2. The summed E-state index contributed by atoms with van der Waals surface area (Å²) in [6.45, 7) is 7.71. The third-order valence-electron chi connectivity index (χ3n) is 3.39. The Kier molecular flexibility index (Phi) is 5.16. The molecule has 0 aliphatic rings. The minimum Gasteiger partial charge on any atom is -0.462 e. The molecule has 1 heterocycles. The van der Waals surface area contributed by atoms with Crippen LogP contribution in [0, 0.1) is 6.92 Å². The van der Waals surface area contributed by atoms with Gasteiger partial charge in [0.25, 0.3) is 5.91 Å². The molecule has 1 amide bonds. The van der Waals surface area contributed by atoms with Crippen molar-refractivity contribution in [1.82, 2.24) is 10.2 Å². The lowest BCUT2D eigenvalue weighted by Crippen LogP contribution is -2.38. The fourth-order valence-corrected chi connectivity index (χ4v) is 2.25. The molecule has 0 saturated heterocycles. The van der Waals surface area contributed by atoms with Gasteiger partial charge in [-0.15, -0.1) is 0 Å². The first-order chi connectivity index (χ1) is 11.0. The molecule has 1 aromatic heterocycles. The Morgan fingerprint density at radius 2 is 1.91 bits per heavy atom. The Labute approximate surface area is 135 Å². The highest BCUT2D eigenvalue weighted by Gasteiger charge is 2.27. The van der Waals surface area contributed by atoms with Gasteiger partial charge in [-0.05, 0) is 39.8 Å². The van der Waals surface area contributed by atoms with E-state index >= 15 is 0 Å². The molecular formula is C17H21N3O3. The van der Waals surface area contributed by atoms with Crippen molar-refractivity contribution in [3.05, 3.63) is 47.2 Å². The molecule has 0 saturated carbocycles. The van der Waals surface area contributed by atoms with Gasteiger partial charge in [-0.2, -0.15) is 5.10 Å². The molecule has 23 heavy (non-hydrogen) atoms. The fraction of sp³-hybridized carbons (Fsp3) is 0.353. The normalized spacial score (nSPS) is 10.7. The number of hydrogen-bond acceptors (Lipinski definition) is 4. The van der Waals surface area contributed by atoms with Crippen LogP contribution < -0.4 is 4.90 Å². The molecule has 0 fully saturated rings. The van der Waals surface area contributed by atoms with E-state index in [0.717, 1.165) is 5.56 Å². The van der Waals surface area contributed by atoms with E-state index in [4.69, 9.17) is 4.74 Å². The molecule has 0 aliphatic heterocycles. The Hall–Kier alpha value is -2.63. The summed E-state index contributed by atoms with van der Waals surface area (Å²) in [6.07, 6.45) is 1.38. The summed E-state index contributed by atoms with van der Waals surface area (Å²) < 4.78 is 5.02.